The first kappa shape index (κ1) is 99.8. The van der Waals surface area contributed by atoms with E-state index in [4.69, 9.17) is 0 Å². The summed E-state index contributed by atoms with van der Waals surface area (Å²) < 4.78 is 0. The van der Waals surface area contributed by atoms with Crippen LogP contribution < -0.4 is 9.80 Å². The Morgan fingerprint density at radius 2 is 0.361 bits per heavy atom. The summed E-state index contributed by atoms with van der Waals surface area (Å²) in [6.07, 6.45) is 0. The molecule has 0 radical (unpaired) electrons. The fourth-order valence-electron chi connectivity index (χ4n) is 23.6. The fraction of sp³-hybridized carbons (Fsp3) is 0.239. The maximum absolute atomic E-state index is 14.4. The molecule has 0 atom stereocenters. The molecule has 0 bridgehead atoms. The Morgan fingerprint density at radius 1 is 0.177 bits per heavy atom. The molecule has 18 aromatic rings. The van der Waals surface area contributed by atoms with Crippen LogP contribution in [0.3, 0.4) is 0 Å². The molecule has 736 valence electrons. The lowest BCUT2D eigenvalue weighted by molar-refractivity contribution is 0.125. The number of hydrogen-bond acceptors (Lipinski definition) is 5. The maximum Gasteiger partial charge on any atom is 0.142 e. The van der Waals surface area contributed by atoms with Crippen molar-refractivity contribution in [3.8, 4) is 0 Å². The number of rotatable bonds is 18. The Hall–Kier alpha value is -14.6. The molecule has 0 saturated carbocycles. The Balaban J connectivity index is 0.000000179. The van der Waals surface area contributed by atoms with E-state index >= 15 is 0 Å². The van der Waals surface area contributed by atoms with Crippen molar-refractivity contribution in [1.29, 1.82) is 0 Å². The third kappa shape index (κ3) is 16.8. The first-order chi connectivity index (χ1) is 69.9. The van der Waals surface area contributed by atoms with Gasteiger partial charge in [-0.05, 0) is 257 Å². The third-order valence-electron chi connectivity index (χ3n) is 32.3. The van der Waals surface area contributed by atoms with Crippen LogP contribution in [0, 0.1) is 83.1 Å². The lowest BCUT2D eigenvalue weighted by atomic mass is 9.52. The molecule has 0 fully saturated rings. The van der Waals surface area contributed by atoms with Gasteiger partial charge < -0.3 is 25.1 Å². The van der Waals surface area contributed by atoms with Crippen molar-refractivity contribution in [1.82, 2.24) is 0 Å². The van der Waals surface area contributed by atoms with Gasteiger partial charge in [0, 0.05) is 16.7 Å². The zero-order valence-corrected chi connectivity index (χ0v) is 90.3. The molecule has 0 amide bonds. The summed E-state index contributed by atoms with van der Waals surface area (Å²) in [4.78, 5) is 4.99. The van der Waals surface area contributed by atoms with Crippen LogP contribution in [0.4, 0.5) is 34.1 Å². The van der Waals surface area contributed by atoms with E-state index in [2.05, 4.69) is 455 Å². The molecule has 5 nitrogen and oxygen atoms in total. The average molecular weight is 1920 g/mol. The summed E-state index contributed by atoms with van der Waals surface area (Å²) in [6, 6.07) is 145. The van der Waals surface area contributed by atoms with Gasteiger partial charge in [0.15, 0.2) is 0 Å². The second-order valence-electron chi connectivity index (χ2n) is 47.0. The van der Waals surface area contributed by atoms with Crippen molar-refractivity contribution < 1.29 is 15.3 Å². The second kappa shape index (κ2) is 37.1. The number of hydrogen-bond donors (Lipinski definition) is 3. The summed E-state index contributed by atoms with van der Waals surface area (Å²) in [5.41, 5.74) is 37.6. The highest BCUT2D eigenvalue weighted by atomic mass is 16.3. The Morgan fingerprint density at radius 3 is 0.585 bits per heavy atom. The molecular weight excluding hydrogens is 1780 g/mol. The molecule has 3 aliphatic heterocycles. The minimum atomic E-state index is -1.73. The predicted molar refractivity (Wildman–Crippen MR) is 614 cm³/mol. The summed E-state index contributed by atoms with van der Waals surface area (Å²) in [5.74, 6) is 0. The van der Waals surface area contributed by atoms with Crippen LogP contribution >= 0.6 is 0 Å². The standard InChI is InChI=1S/C71H73NO3.C71H67N/c1-47-17-29-53(30-18-47)69(73,54-31-19-48(2)20-32-54)61-15-13-14-16-64(61)72(65-43-41-59(67(7,8)9)45-62(65)70(74,55-33-21-49(3)22-34-55)56-35-23-50(4)24-36-56)66-44-42-60(68(10,11)12)46-63(66)71(75,57-37-25-51(5)26-38-57)58-39-27-52(6)28-40-58;1-44-16-28-50(29-17-44)69(51-30-18-45(2)19-31-51)58-14-13-15-59-64(58)72-65-60(69)40-56(67(7,8)9)42-62(65)71(54-36-24-48(5)25-37-54,55-38-26-49(6)27-39-55)63-43-57(68(10,11)12)41-61(66(63)72)70(59,52-32-20-46(3)21-33-52)53-34-22-47(4)23-35-53/h13-46,73-75H,1-12H3;13-43H,1-12H3. The lowest BCUT2D eigenvalue weighted by Crippen LogP contribution is -2.49. The number of benzene rings is 18. The fourth-order valence-corrected chi connectivity index (χ4v) is 23.6. The highest BCUT2D eigenvalue weighted by molar-refractivity contribution is 6.04. The molecule has 0 spiro atoms. The molecule has 18 aromatic carbocycles. The van der Waals surface area contributed by atoms with Gasteiger partial charge in [-0.15, -0.1) is 0 Å². The zero-order valence-electron chi connectivity index (χ0n) is 90.3. The molecule has 0 unspecified atom stereocenters. The summed E-state index contributed by atoms with van der Waals surface area (Å²) in [6.45, 7) is 53.3. The zero-order chi connectivity index (χ0) is 104. The molecule has 21 rings (SSSR count). The third-order valence-corrected chi connectivity index (χ3v) is 32.3. The molecule has 147 heavy (non-hydrogen) atoms. The van der Waals surface area contributed by atoms with E-state index in [-0.39, 0.29) is 21.7 Å². The SMILES string of the molecule is Cc1ccc(C(O)(c2ccc(C)cc2)c2ccccc2N(c2ccc(C(C)(C)C)cc2C(O)(c2ccc(C)cc2)c2ccc(C)cc2)c2ccc(C(C)(C)C)cc2C(O)(c2ccc(C)cc2)c2ccc(C)cc2)cc1.Cc1ccc(C2(c3ccc(C)cc3)c3cccc4c3N3c5c2cc(C(C)(C)C)cc5C(c2ccc(C)cc2)(c2ccc(C)cc2)c2cc(C(C)(C)C)cc(c23)C4(c2ccc(C)cc2)c2ccc(C)cc2)cc1. The summed E-state index contributed by atoms with van der Waals surface area (Å²) in [5, 5.41) is 43.0. The van der Waals surface area contributed by atoms with Gasteiger partial charge in [0.05, 0.1) is 50.4 Å². The Kier molecular flexibility index (Phi) is 25.2. The van der Waals surface area contributed by atoms with Gasteiger partial charge in [-0.2, -0.15) is 0 Å². The largest absolute Gasteiger partial charge is 0.376 e. The van der Waals surface area contributed by atoms with Gasteiger partial charge >= 0.3 is 0 Å². The van der Waals surface area contributed by atoms with E-state index in [1.807, 2.05) is 115 Å². The van der Waals surface area contributed by atoms with E-state index in [0.717, 1.165) is 44.5 Å². The predicted octanol–water partition coefficient (Wildman–Crippen LogP) is 34.1. The van der Waals surface area contributed by atoms with Gasteiger partial charge in [-0.3, -0.25) is 0 Å². The van der Waals surface area contributed by atoms with Crippen molar-refractivity contribution >= 4 is 34.1 Å². The molecule has 3 heterocycles. The maximum atomic E-state index is 14.4. The van der Waals surface area contributed by atoms with E-state index in [1.165, 1.54) is 128 Å². The van der Waals surface area contributed by atoms with Gasteiger partial charge in [0.25, 0.3) is 0 Å². The van der Waals surface area contributed by atoms with E-state index in [0.29, 0.717) is 67.1 Å². The van der Waals surface area contributed by atoms with Crippen LogP contribution in [0.5, 0.6) is 0 Å². The first-order valence-electron chi connectivity index (χ1n) is 52.5. The monoisotopic (exact) mass is 1920 g/mol. The van der Waals surface area contributed by atoms with Gasteiger partial charge in [0.1, 0.15) is 16.8 Å². The van der Waals surface area contributed by atoms with Crippen molar-refractivity contribution in [2.24, 2.45) is 0 Å². The first-order valence-corrected chi connectivity index (χ1v) is 52.5. The minimum absolute atomic E-state index is 0.196. The number of aliphatic hydroxyl groups is 3. The van der Waals surface area contributed by atoms with Gasteiger partial charge in [-0.25, -0.2) is 0 Å². The van der Waals surface area contributed by atoms with Crippen molar-refractivity contribution in [3.63, 3.8) is 0 Å². The molecular formula is C142H140N2O3. The molecule has 0 aromatic heterocycles. The highest BCUT2D eigenvalue weighted by Gasteiger charge is 2.61. The van der Waals surface area contributed by atoms with Crippen LogP contribution in [-0.4, -0.2) is 15.3 Å². The van der Waals surface area contributed by atoms with Crippen LogP contribution in [-0.2, 0) is 54.7 Å². The van der Waals surface area contributed by atoms with Crippen LogP contribution in [0.2, 0.25) is 0 Å². The molecule has 0 saturated heterocycles. The average Bonchev–Trinajstić information content (AvgIpc) is 0.639. The number of anilines is 6. The van der Waals surface area contributed by atoms with Gasteiger partial charge in [0.2, 0.25) is 0 Å². The van der Waals surface area contributed by atoms with Crippen molar-refractivity contribution in [3.05, 3.63) is 600 Å². The molecule has 3 aliphatic rings. The number of para-hydroxylation sites is 2. The highest BCUT2D eigenvalue weighted by Crippen LogP contribution is 2.73. The normalized spacial score (nSPS) is 14.0. The smallest absolute Gasteiger partial charge is 0.142 e. The lowest BCUT2D eigenvalue weighted by Gasteiger charge is -2.59. The van der Waals surface area contributed by atoms with Gasteiger partial charge in [-0.1, -0.05) is 514 Å². The summed E-state index contributed by atoms with van der Waals surface area (Å²) in [7, 11) is 0. The van der Waals surface area contributed by atoms with Crippen molar-refractivity contribution in [2.45, 2.75) is 221 Å². The van der Waals surface area contributed by atoms with E-state index < -0.39 is 33.0 Å². The van der Waals surface area contributed by atoms with E-state index in [9.17, 15) is 15.3 Å². The molecule has 0 aliphatic carbocycles. The molecule has 5 heteroatoms. The number of nitrogens with zero attached hydrogens (tertiary/aromatic N) is 2. The van der Waals surface area contributed by atoms with Crippen LogP contribution in [0.1, 0.15) is 289 Å². The van der Waals surface area contributed by atoms with Crippen LogP contribution in [0.15, 0.2) is 394 Å². The minimum Gasteiger partial charge on any atom is -0.376 e. The van der Waals surface area contributed by atoms with E-state index in [1.54, 1.807) is 0 Å². The Bertz CT molecular complexity index is 7370. The quantitative estimate of drug-likeness (QED) is 0.0747. The number of aryl methyl sites for hydroxylation is 12. The topological polar surface area (TPSA) is 67.2 Å². The molecule has 3 N–H and O–H groups in total. The second-order valence-corrected chi connectivity index (χ2v) is 47.0. The van der Waals surface area contributed by atoms with Crippen molar-refractivity contribution in [2.75, 3.05) is 9.80 Å². The summed E-state index contributed by atoms with van der Waals surface area (Å²) >= 11 is 0. The Labute approximate surface area is 874 Å². The van der Waals surface area contributed by atoms with Crippen LogP contribution in [0.25, 0.3) is 0 Å².